The molecule has 1 aromatic carbocycles. The van der Waals surface area contributed by atoms with Gasteiger partial charge in [-0.3, -0.25) is 9.36 Å². The summed E-state index contributed by atoms with van der Waals surface area (Å²) < 4.78 is 3.32. The molecule has 0 N–H and O–H groups in total. The highest BCUT2D eigenvalue weighted by molar-refractivity contribution is 5.79. The van der Waals surface area contributed by atoms with Gasteiger partial charge in [-0.05, 0) is 25.1 Å². The van der Waals surface area contributed by atoms with Crippen molar-refractivity contribution in [2.45, 2.75) is 13.3 Å². The van der Waals surface area contributed by atoms with Crippen molar-refractivity contribution in [1.29, 1.82) is 0 Å². The van der Waals surface area contributed by atoms with E-state index in [0.29, 0.717) is 23.1 Å². The zero-order valence-electron chi connectivity index (χ0n) is 13.3. The van der Waals surface area contributed by atoms with Crippen LogP contribution in [0, 0.1) is 6.92 Å². The van der Waals surface area contributed by atoms with E-state index in [-0.39, 0.29) is 5.56 Å². The number of hydrogen-bond acceptors (Lipinski definition) is 3. The van der Waals surface area contributed by atoms with Crippen molar-refractivity contribution >= 4 is 16.7 Å². The Bertz CT molecular complexity index is 1050. The smallest absolute Gasteiger partial charge is 0.269 e. The second-order valence-electron chi connectivity index (χ2n) is 5.63. The van der Waals surface area contributed by atoms with Gasteiger partial charge in [0.1, 0.15) is 11.7 Å². The lowest BCUT2D eigenvalue weighted by atomic mass is 10.2. The maximum absolute atomic E-state index is 13.0. The van der Waals surface area contributed by atoms with Gasteiger partial charge < -0.3 is 0 Å². The first-order chi connectivity index (χ1) is 11.8. The molecule has 0 radical (unpaired) electrons. The van der Waals surface area contributed by atoms with Crippen LogP contribution in [0.4, 0.5) is 0 Å². The van der Waals surface area contributed by atoms with Gasteiger partial charge in [-0.2, -0.15) is 5.10 Å². The van der Waals surface area contributed by atoms with E-state index in [4.69, 9.17) is 0 Å². The van der Waals surface area contributed by atoms with E-state index >= 15 is 0 Å². The van der Waals surface area contributed by atoms with Crippen LogP contribution in [-0.4, -0.2) is 19.3 Å². The Morgan fingerprint density at radius 2 is 1.92 bits per heavy atom. The summed E-state index contributed by atoms with van der Waals surface area (Å²) in [5, 5.41) is 5.07. The molecular formula is C19H16N4O. The lowest BCUT2D eigenvalue weighted by molar-refractivity contribution is 0.871. The van der Waals surface area contributed by atoms with Crippen LogP contribution >= 0.6 is 0 Å². The number of aryl methyl sites for hydroxylation is 1. The third-order valence-electron chi connectivity index (χ3n) is 4.05. The maximum Gasteiger partial charge on any atom is 0.269 e. The standard InChI is InChI=1S/C19H16N4O/c1-14-17-18(23(21-14)16-11-7-4-8-12-16)20-13-22(19(17)24)15-9-5-2-3-6-10-15/h2-9,11-13H,10H2,1H3. The minimum atomic E-state index is -0.0883. The van der Waals surface area contributed by atoms with Crippen LogP contribution < -0.4 is 5.56 Å². The lowest BCUT2D eigenvalue weighted by Gasteiger charge is -2.08. The molecule has 0 saturated heterocycles. The van der Waals surface area contributed by atoms with Gasteiger partial charge in [-0.15, -0.1) is 0 Å². The van der Waals surface area contributed by atoms with Crippen molar-refractivity contribution in [2.75, 3.05) is 0 Å². The molecular weight excluding hydrogens is 300 g/mol. The number of fused-ring (bicyclic) bond motifs is 1. The SMILES string of the molecule is Cc1nn(-c2ccccc2)c2ncn(C3=CC=CC=CC3)c(=O)c12. The van der Waals surface area contributed by atoms with E-state index in [1.165, 1.54) is 0 Å². The monoisotopic (exact) mass is 316 g/mol. The molecule has 0 amide bonds. The average Bonchev–Trinajstić information content (AvgIpc) is 2.77. The van der Waals surface area contributed by atoms with Gasteiger partial charge in [0.25, 0.3) is 5.56 Å². The third kappa shape index (κ3) is 2.31. The van der Waals surface area contributed by atoms with Gasteiger partial charge in [0.2, 0.25) is 0 Å². The first-order valence-electron chi connectivity index (χ1n) is 7.81. The van der Waals surface area contributed by atoms with E-state index in [1.807, 2.05) is 67.6 Å². The number of allylic oxidation sites excluding steroid dienone is 6. The number of hydrogen-bond donors (Lipinski definition) is 0. The van der Waals surface area contributed by atoms with Gasteiger partial charge in [-0.25, -0.2) is 9.67 Å². The van der Waals surface area contributed by atoms with Gasteiger partial charge in [-0.1, -0.05) is 42.5 Å². The fraction of sp³-hybridized carbons (Fsp3) is 0.105. The molecule has 0 unspecified atom stereocenters. The Morgan fingerprint density at radius 1 is 1.08 bits per heavy atom. The summed E-state index contributed by atoms with van der Waals surface area (Å²) in [4.78, 5) is 17.5. The first-order valence-corrected chi connectivity index (χ1v) is 7.81. The van der Waals surface area contributed by atoms with E-state index in [2.05, 4.69) is 10.1 Å². The van der Waals surface area contributed by atoms with Gasteiger partial charge in [0, 0.05) is 12.1 Å². The summed E-state index contributed by atoms with van der Waals surface area (Å²) >= 11 is 0. The molecule has 24 heavy (non-hydrogen) atoms. The second kappa shape index (κ2) is 5.77. The fourth-order valence-corrected chi connectivity index (χ4v) is 2.87. The topological polar surface area (TPSA) is 52.7 Å². The van der Waals surface area contributed by atoms with Crippen LogP contribution in [0.2, 0.25) is 0 Å². The molecule has 5 heteroatoms. The molecule has 0 atom stereocenters. The normalized spacial score (nSPS) is 14.0. The van der Waals surface area contributed by atoms with Crippen molar-refractivity contribution in [3.8, 4) is 5.69 Å². The summed E-state index contributed by atoms with van der Waals surface area (Å²) in [6.45, 7) is 1.84. The molecule has 0 saturated carbocycles. The molecule has 0 aliphatic heterocycles. The molecule has 2 aromatic heterocycles. The number of aromatic nitrogens is 4. The molecule has 5 nitrogen and oxygen atoms in total. The van der Waals surface area contributed by atoms with Crippen molar-refractivity contribution in [3.05, 3.63) is 83.1 Å². The first kappa shape index (κ1) is 14.4. The Balaban J connectivity index is 1.94. The molecule has 1 aliphatic carbocycles. The molecule has 3 aromatic rings. The summed E-state index contributed by atoms with van der Waals surface area (Å²) in [5.41, 5.74) is 2.96. The third-order valence-corrected chi connectivity index (χ3v) is 4.05. The van der Waals surface area contributed by atoms with Crippen LogP contribution in [0.3, 0.4) is 0 Å². The van der Waals surface area contributed by atoms with Gasteiger partial charge in [0.15, 0.2) is 5.65 Å². The highest BCUT2D eigenvalue weighted by atomic mass is 16.1. The summed E-state index contributed by atoms with van der Waals surface area (Å²) in [7, 11) is 0. The number of benzene rings is 1. The van der Waals surface area contributed by atoms with Crippen molar-refractivity contribution in [2.24, 2.45) is 0 Å². The summed E-state index contributed by atoms with van der Waals surface area (Å²) in [6.07, 6.45) is 12.1. The lowest BCUT2D eigenvalue weighted by Crippen LogP contribution is -2.20. The predicted octanol–water partition coefficient (Wildman–Crippen LogP) is 3.25. The zero-order chi connectivity index (χ0) is 16.5. The van der Waals surface area contributed by atoms with Crippen LogP contribution in [0.15, 0.2) is 71.8 Å². The number of rotatable bonds is 2. The van der Waals surface area contributed by atoms with Crippen LogP contribution in [0.5, 0.6) is 0 Å². The van der Waals surface area contributed by atoms with Gasteiger partial charge in [0.05, 0.1) is 11.4 Å². The Kier molecular flexibility index (Phi) is 3.46. The zero-order valence-corrected chi connectivity index (χ0v) is 13.3. The molecule has 4 rings (SSSR count). The molecule has 0 fully saturated rings. The van der Waals surface area contributed by atoms with E-state index in [0.717, 1.165) is 11.4 Å². The minimum Gasteiger partial charge on any atom is -0.270 e. The van der Waals surface area contributed by atoms with Crippen molar-refractivity contribution < 1.29 is 0 Å². The van der Waals surface area contributed by atoms with Crippen LogP contribution in [-0.2, 0) is 0 Å². The van der Waals surface area contributed by atoms with E-state index in [1.54, 1.807) is 15.6 Å². The van der Waals surface area contributed by atoms with Crippen LogP contribution in [0.25, 0.3) is 22.4 Å². The second-order valence-corrected chi connectivity index (χ2v) is 5.63. The maximum atomic E-state index is 13.0. The van der Waals surface area contributed by atoms with Crippen molar-refractivity contribution in [3.63, 3.8) is 0 Å². The highest BCUT2D eigenvalue weighted by Crippen LogP contribution is 2.18. The molecule has 0 spiro atoms. The molecule has 0 bridgehead atoms. The van der Waals surface area contributed by atoms with Crippen LogP contribution in [0.1, 0.15) is 12.1 Å². The Labute approximate surface area is 138 Å². The predicted molar refractivity (Wildman–Crippen MR) is 95.0 cm³/mol. The number of nitrogens with zero attached hydrogens (tertiary/aromatic N) is 4. The largest absolute Gasteiger partial charge is 0.270 e. The Morgan fingerprint density at radius 3 is 2.75 bits per heavy atom. The van der Waals surface area contributed by atoms with Gasteiger partial charge >= 0.3 is 0 Å². The number of para-hydroxylation sites is 1. The minimum absolute atomic E-state index is 0.0883. The Hall–Kier alpha value is -3.21. The molecule has 1 aliphatic rings. The van der Waals surface area contributed by atoms with Crippen molar-refractivity contribution in [1.82, 2.24) is 19.3 Å². The molecule has 2 heterocycles. The summed E-state index contributed by atoms with van der Waals surface area (Å²) in [6, 6.07) is 9.72. The highest BCUT2D eigenvalue weighted by Gasteiger charge is 2.16. The molecule has 118 valence electrons. The summed E-state index contributed by atoms with van der Waals surface area (Å²) in [5.74, 6) is 0. The fourth-order valence-electron chi connectivity index (χ4n) is 2.87. The van der Waals surface area contributed by atoms with E-state index in [9.17, 15) is 4.79 Å². The van der Waals surface area contributed by atoms with E-state index < -0.39 is 0 Å². The quantitative estimate of drug-likeness (QED) is 0.729. The average molecular weight is 316 g/mol.